The summed E-state index contributed by atoms with van der Waals surface area (Å²) in [4.78, 5) is 14.6. The standard InChI is InChI=1S/C16H25N3O/c1-12-6-7-15(17)14(10-12)16(20)18-11-13(2)19-8-4-3-5-9-19/h6-7,10,13H,3-5,8-9,11,17H2,1-2H3,(H,18,20). The van der Waals surface area contributed by atoms with Crippen molar-refractivity contribution < 1.29 is 4.79 Å². The van der Waals surface area contributed by atoms with Crippen LogP contribution < -0.4 is 11.1 Å². The van der Waals surface area contributed by atoms with Gasteiger partial charge in [-0.2, -0.15) is 0 Å². The minimum atomic E-state index is -0.0740. The predicted octanol–water partition coefficient (Wildman–Crippen LogP) is 2.18. The van der Waals surface area contributed by atoms with E-state index in [1.165, 1.54) is 19.3 Å². The lowest BCUT2D eigenvalue weighted by Gasteiger charge is -2.32. The van der Waals surface area contributed by atoms with Gasteiger partial charge < -0.3 is 11.1 Å². The van der Waals surface area contributed by atoms with Crippen molar-refractivity contribution in [1.29, 1.82) is 0 Å². The molecule has 4 nitrogen and oxygen atoms in total. The summed E-state index contributed by atoms with van der Waals surface area (Å²) >= 11 is 0. The molecular formula is C16H25N3O. The second kappa shape index (κ2) is 6.75. The van der Waals surface area contributed by atoms with Crippen molar-refractivity contribution >= 4 is 11.6 Å². The molecule has 0 aromatic heterocycles. The summed E-state index contributed by atoms with van der Waals surface area (Å²) in [6, 6.07) is 5.93. The molecular weight excluding hydrogens is 250 g/mol. The van der Waals surface area contributed by atoms with Crippen LogP contribution in [-0.2, 0) is 0 Å². The van der Waals surface area contributed by atoms with Crippen molar-refractivity contribution in [1.82, 2.24) is 10.2 Å². The van der Waals surface area contributed by atoms with Gasteiger partial charge in [-0.1, -0.05) is 18.1 Å². The Morgan fingerprint density at radius 1 is 1.35 bits per heavy atom. The van der Waals surface area contributed by atoms with E-state index >= 15 is 0 Å². The lowest BCUT2D eigenvalue weighted by Crippen LogP contribution is -2.44. The highest BCUT2D eigenvalue weighted by Gasteiger charge is 2.18. The molecule has 3 N–H and O–H groups in total. The van der Waals surface area contributed by atoms with E-state index in [1.807, 2.05) is 19.1 Å². The number of anilines is 1. The van der Waals surface area contributed by atoms with Crippen LogP contribution in [0.25, 0.3) is 0 Å². The average Bonchev–Trinajstić information content (AvgIpc) is 2.47. The summed E-state index contributed by atoms with van der Waals surface area (Å²) in [5, 5.41) is 3.00. The van der Waals surface area contributed by atoms with E-state index in [-0.39, 0.29) is 5.91 Å². The molecule has 1 aromatic carbocycles. The van der Waals surface area contributed by atoms with Gasteiger partial charge in [0, 0.05) is 18.3 Å². The number of benzene rings is 1. The maximum Gasteiger partial charge on any atom is 0.253 e. The number of nitrogens with zero attached hydrogens (tertiary/aromatic N) is 1. The molecule has 20 heavy (non-hydrogen) atoms. The molecule has 1 unspecified atom stereocenters. The third-order valence-electron chi connectivity index (χ3n) is 4.03. The summed E-state index contributed by atoms with van der Waals surface area (Å²) in [6.07, 6.45) is 3.86. The van der Waals surface area contributed by atoms with Gasteiger partial charge in [0.2, 0.25) is 0 Å². The van der Waals surface area contributed by atoms with E-state index in [9.17, 15) is 4.79 Å². The molecule has 0 bridgehead atoms. The van der Waals surface area contributed by atoms with Crippen molar-refractivity contribution in [3.63, 3.8) is 0 Å². The number of aryl methyl sites for hydroxylation is 1. The van der Waals surface area contributed by atoms with Crippen molar-refractivity contribution in [3.8, 4) is 0 Å². The second-order valence-corrected chi connectivity index (χ2v) is 5.75. The lowest BCUT2D eigenvalue weighted by atomic mass is 10.1. The number of rotatable bonds is 4. The zero-order valence-corrected chi connectivity index (χ0v) is 12.5. The fourth-order valence-electron chi connectivity index (χ4n) is 2.69. The highest BCUT2D eigenvalue weighted by atomic mass is 16.1. The number of carbonyl (C=O) groups is 1. The number of hydrogen-bond acceptors (Lipinski definition) is 3. The lowest BCUT2D eigenvalue weighted by molar-refractivity contribution is 0.0931. The first-order chi connectivity index (χ1) is 9.58. The minimum Gasteiger partial charge on any atom is -0.398 e. The molecule has 1 aromatic rings. The number of hydrogen-bond donors (Lipinski definition) is 2. The molecule has 0 spiro atoms. The molecule has 1 amide bonds. The van der Waals surface area contributed by atoms with Gasteiger partial charge in [0.25, 0.3) is 5.91 Å². The SMILES string of the molecule is Cc1ccc(N)c(C(=O)NCC(C)N2CCCCC2)c1. The van der Waals surface area contributed by atoms with Gasteiger partial charge in [-0.25, -0.2) is 0 Å². The predicted molar refractivity (Wildman–Crippen MR) is 82.8 cm³/mol. The Labute approximate surface area is 121 Å². The van der Waals surface area contributed by atoms with E-state index < -0.39 is 0 Å². The Morgan fingerprint density at radius 2 is 2.05 bits per heavy atom. The van der Waals surface area contributed by atoms with E-state index in [1.54, 1.807) is 6.07 Å². The molecule has 0 radical (unpaired) electrons. The molecule has 1 atom stereocenters. The van der Waals surface area contributed by atoms with Crippen LogP contribution in [0.3, 0.4) is 0 Å². The van der Waals surface area contributed by atoms with Crippen LogP contribution in [0.1, 0.15) is 42.1 Å². The van der Waals surface area contributed by atoms with E-state index in [4.69, 9.17) is 5.73 Å². The summed E-state index contributed by atoms with van der Waals surface area (Å²) < 4.78 is 0. The van der Waals surface area contributed by atoms with E-state index in [0.29, 0.717) is 23.8 Å². The number of nitrogens with one attached hydrogen (secondary N) is 1. The highest BCUT2D eigenvalue weighted by Crippen LogP contribution is 2.14. The molecule has 4 heteroatoms. The summed E-state index contributed by atoms with van der Waals surface area (Å²) in [5.41, 5.74) is 8.04. The number of amides is 1. The highest BCUT2D eigenvalue weighted by molar-refractivity contribution is 5.99. The van der Waals surface area contributed by atoms with Crippen LogP contribution in [0, 0.1) is 6.92 Å². The summed E-state index contributed by atoms with van der Waals surface area (Å²) in [6.45, 7) is 7.09. The summed E-state index contributed by atoms with van der Waals surface area (Å²) in [5.74, 6) is -0.0740. The Bertz CT molecular complexity index is 467. The molecule has 2 rings (SSSR count). The fourth-order valence-corrected chi connectivity index (χ4v) is 2.69. The van der Waals surface area contributed by atoms with E-state index in [0.717, 1.165) is 18.7 Å². The van der Waals surface area contributed by atoms with Crippen LogP contribution in [0.2, 0.25) is 0 Å². The van der Waals surface area contributed by atoms with Gasteiger partial charge in [-0.3, -0.25) is 9.69 Å². The van der Waals surface area contributed by atoms with Crippen molar-refractivity contribution in [2.24, 2.45) is 0 Å². The second-order valence-electron chi connectivity index (χ2n) is 5.75. The molecule has 1 aliphatic heterocycles. The maximum atomic E-state index is 12.2. The number of carbonyl (C=O) groups excluding carboxylic acids is 1. The number of nitrogen functional groups attached to an aromatic ring is 1. The zero-order valence-electron chi connectivity index (χ0n) is 12.5. The van der Waals surface area contributed by atoms with Gasteiger partial charge in [-0.15, -0.1) is 0 Å². The molecule has 1 aliphatic rings. The molecule has 110 valence electrons. The molecule has 0 aliphatic carbocycles. The van der Waals surface area contributed by atoms with Gasteiger partial charge in [0.1, 0.15) is 0 Å². The Hall–Kier alpha value is -1.55. The smallest absolute Gasteiger partial charge is 0.253 e. The first kappa shape index (κ1) is 14.9. The van der Waals surface area contributed by atoms with Gasteiger partial charge >= 0.3 is 0 Å². The third-order valence-corrected chi connectivity index (χ3v) is 4.03. The molecule has 0 saturated carbocycles. The monoisotopic (exact) mass is 275 g/mol. The van der Waals surface area contributed by atoms with Crippen LogP contribution in [0.15, 0.2) is 18.2 Å². The summed E-state index contributed by atoms with van der Waals surface area (Å²) in [7, 11) is 0. The Kier molecular flexibility index (Phi) is 5.01. The molecule has 1 heterocycles. The van der Waals surface area contributed by atoms with Crippen LogP contribution in [0.5, 0.6) is 0 Å². The first-order valence-electron chi connectivity index (χ1n) is 7.46. The molecule has 1 saturated heterocycles. The van der Waals surface area contributed by atoms with E-state index in [2.05, 4.69) is 17.1 Å². The largest absolute Gasteiger partial charge is 0.398 e. The quantitative estimate of drug-likeness (QED) is 0.828. The van der Waals surface area contributed by atoms with Crippen LogP contribution in [-0.4, -0.2) is 36.5 Å². The topological polar surface area (TPSA) is 58.4 Å². The number of nitrogens with two attached hydrogens (primary N) is 1. The van der Waals surface area contributed by atoms with Crippen molar-refractivity contribution in [3.05, 3.63) is 29.3 Å². The van der Waals surface area contributed by atoms with Crippen molar-refractivity contribution in [2.45, 2.75) is 39.2 Å². The zero-order chi connectivity index (χ0) is 14.5. The third kappa shape index (κ3) is 3.73. The van der Waals surface area contributed by atoms with Crippen LogP contribution in [0.4, 0.5) is 5.69 Å². The van der Waals surface area contributed by atoms with Gasteiger partial charge in [0.15, 0.2) is 0 Å². The first-order valence-corrected chi connectivity index (χ1v) is 7.46. The van der Waals surface area contributed by atoms with Gasteiger partial charge in [0.05, 0.1) is 5.56 Å². The fraction of sp³-hybridized carbons (Fsp3) is 0.562. The Morgan fingerprint density at radius 3 is 2.75 bits per heavy atom. The minimum absolute atomic E-state index is 0.0740. The van der Waals surface area contributed by atoms with Crippen molar-refractivity contribution in [2.75, 3.05) is 25.4 Å². The van der Waals surface area contributed by atoms with Crippen LogP contribution >= 0.6 is 0 Å². The Balaban J connectivity index is 1.89. The molecule has 1 fully saturated rings. The average molecular weight is 275 g/mol. The van der Waals surface area contributed by atoms with Gasteiger partial charge in [-0.05, 0) is 51.9 Å². The number of piperidine rings is 1. The normalized spacial score (nSPS) is 17.7. The maximum absolute atomic E-state index is 12.2. The number of likely N-dealkylation sites (tertiary alicyclic amines) is 1.